The Bertz CT molecular complexity index is 2450. The highest BCUT2D eigenvalue weighted by Crippen LogP contribution is 2.55. The molecule has 0 aliphatic carbocycles. The molecule has 240 valence electrons. The van der Waals surface area contributed by atoms with Gasteiger partial charge in [-0.15, -0.1) is 0 Å². The van der Waals surface area contributed by atoms with Gasteiger partial charge in [0, 0.05) is 45.8 Å². The number of aryl methyl sites for hydroxylation is 1. The molecule has 0 fully saturated rings. The lowest BCUT2D eigenvalue weighted by Gasteiger charge is -2.28. The van der Waals surface area contributed by atoms with Crippen molar-refractivity contribution in [3.8, 4) is 11.5 Å². The van der Waals surface area contributed by atoms with Crippen LogP contribution in [0.1, 0.15) is 75.3 Å². The Hall–Kier alpha value is -4.63. The molecule has 3 heteroatoms. The van der Waals surface area contributed by atoms with E-state index in [1.165, 1.54) is 89.2 Å². The fourth-order valence-electron chi connectivity index (χ4n) is 9.10. The minimum Gasteiger partial charge on any atom is -0.455 e. The van der Waals surface area contributed by atoms with E-state index in [2.05, 4.69) is 142 Å². The molecular formula is C45H45N2O+. The van der Waals surface area contributed by atoms with Gasteiger partial charge in [0.2, 0.25) is 5.36 Å². The van der Waals surface area contributed by atoms with Crippen LogP contribution in [0, 0.1) is 6.92 Å². The second-order valence-corrected chi connectivity index (χ2v) is 15.9. The highest BCUT2D eigenvalue weighted by atomic mass is 16.5. The van der Waals surface area contributed by atoms with Gasteiger partial charge in [0.15, 0.2) is 13.1 Å². The van der Waals surface area contributed by atoms with Gasteiger partial charge in [0.1, 0.15) is 11.5 Å². The molecule has 0 aromatic heterocycles. The Morgan fingerprint density at radius 2 is 1.44 bits per heavy atom. The summed E-state index contributed by atoms with van der Waals surface area (Å²) in [5.41, 5.74) is 7.82. The molecule has 0 radical (unpaired) electrons. The van der Waals surface area contributed by atoms with Crippen molar-refractivity contribution in [2.24, 2.45) is 0 Å². The lowest BCUT2D eigenvalue weighted by atomic mass is 9.80. The number of hydrogen-bond donors (Lipinski definition) is 0. The fraction of sp³-hybridized carbons (Fsp3) is 0.311. The van der Waals surface area contributed by atoms with Crippen molar-refractivity contribution in [1.82, 2.24) is 4.58 Å². The van der Waals surface area contributed by atoms with Gasteiger partial charge in [-0.25, -0.2) is 4.58 Å². The predicted octanol–water partition coefficient (Wildman–Crippen LogP) is 9.27. The summed E-state index contributed by atoms with van der Waals surface area (Å²) in [7, 11) is 0. The van der Waals surface area contributed by atoms with Crippen LogP contribution in [-0.2, 0) is 17.4 Å². The number of nitrogens with zero attached hydrogens (tertiary/aromatic N) is 2. The van der Waals surface area contributed by atoms with Crippen LogP contribution in [0.5, 0.6) is 11.5 Å². The fourth-order valence-corrected chi connectivity index (χ4v) is 9.10. The van der Waals surface area contributed by atoms with Crippen molar-refractivity contribution in [2.75, 3.05) is 24.5 Å². The van der Waals surface area contributed by atoms with Gasteiger partial charge in [0.05, 0.1) is 22.1 Å². The SMILES string of the molecule is CCCCN1CC(C)(C)c2c3c(c4cc5ccccc5cc4c21)C=c1c(c2c(c4ccccc14)=[N+](Cc1ccc(C)cc1)CC2(C)C)O3. The molecule has 0 saturated carbocycles. The number of rotatable bonds is 5. The first kappa shape index (κ1) is 29.5. The van der Waals surface area contributed by atoms with E-state index in [1.807, 2.05) is 0 Å². The van der Waals surface area contributed by atoms with Crippen LogP contribution >= 0.6 is 0 Å². The summed E-state index contributed by atoms with van der Waals surface area (Å²) in [6, 6.07) is 31.7. The van der Waals surface area contributed by atoms with Crippen molar-refractivity contribution >= 4 is 44.1 Å². The molecule has 0 spiro atoms. The quantitative estimate of drug-likeness (QED) is 0.139. The van der Waals surface area contributed by atoms with Gasteiger partial charge in [-0.05, 0) is 73.0 Å². The van der Waals surface area contributed by atoms with Gasteiger partial charge in [-0.1, -0.05) is 99.5 Å². The normalized spacial score (nSPS) is 16.9. The monoisotopic (exact) mass is 629 g/mol. The first-order valence-electron chi connectivity index (χ1n) is 17.8. The number of anilines is 1. The highest BCUT2D eigenvalue weighted by molar-refractivity contribution is 6.11. The Morgan fingerprint density at radius 3 is 2.17 bits per heavy atom. The molecule has 3 nitrogen and oxygen atoms in total. The van der Waals surface area contributed by atoms with E-state index in [0.29, 0.717) is 0 Å². The molecule has 0 unspecified atom stereocenters. The number of ether oxygens (including phenoxy) is 1. The summed E-state index contributed by atoms with van der Waals surface area (Å²) < 4.78 is 10.2. The third-order valence-electron chi connectivity index (χ3n) is 11.2. The zero-order valence-corrected chi connectivity index (χ0v) is 29.2. The van der Waals surface area contributed by atoms with E-state index in [-0.39, 0.29) is 10.8 Å². The summed E-state index contributed by atoms with van der Waals surface area (Å²) in [5.74, 6) is 2.12. The van der Waals surface area contributed by atoms with Crippen LogP contribution in [-0.4, -0.2) is 19.6 Å². The molecule has 48 heavy (non-hydrogen) atoms. The summed E-state index contributed by atoms with van der Waals surface area (Å²) >= 11 is 0. The smallest absolute Gasteiger partial charge is 0.215 e. The standard InChI is InChI=1S/C45H45N2O/c1-7-8-21-46-26-44(3,4)39-41(46)35-23-31-14-10-9-13-30(31)22-34(35)37-24-36-32-15-11-12-16-33(32)40-38(42(36)48-43(37)39)45(5,6)27-47(40)25-29-19-17-28(2)18-20-29/h9-20,22-24H,7-8,21,25-27H2,1-6H3/q+1. The average molecular weight is 630 g/mol. The Kier molecular flexibility index (Phi) is 6.41. The molecule has 3 heterocycles. The maximum absolute atomic E-state index is 7.55. The molecule has 9 rings (SSSR count). The van der Waals surface area contributed by atoms with Crippen LogP contribution in [0.4, 0.5) is 5.69 Å². The summed E-state index contributed by atoms with van der Waals surface area (Å²) in [6.07, 6.45) is 4.85. The molecule has 0 bridgehead atoms. The minimum atomic E-state index is -0.0849. The summed E-state index contributed by atoms with van der Waals surface area (Å²) in [5, 5.41) is 10.3. The van der Waals surface area contributed by atoms with Gasteiger partial charge < -0.3 is 9.64 Å². The van der Waals surface area contributed by atoms with Crippen LogP contribution in [0.25, 0.3) is 38.4 Å². The van der Waals surface area contributed by atoms with E-state index in [9.17, 15) is 0 Å². The minimum absolute atomic E-state index is 0.0502. The molecule has 0 saturated heterocycles. The van der Waals surface area contributed by atoms with Gasteiger partial charge >= 0.3 is 0 Å². The predicted molar refractivity (Wildman–Crippen MR) is 202 cm³/mol. The van der Waals surface area contributed by atoms with E-state index >= 15 is 0 Å². The Balaban J connectivity index is 1.40. The van der Waals surface area contributed by atoms with Crippen molar-refractivity contribution in [3.63, 3.8) is 0 Å². The molecular weight excluding hydrogens is 585 g/mol. The van der Waals surface area contributed by atoms with Crippen molar-refractivity contribution in [3.05, 3.63) is 123 Å². The first-order chi connectivity index (χ1) is 23.1. The Labute approximate surface area is 283 Å². The van der Waals surface area contributed by atoms with Gasteiger partial charge in [-0.3, -0.25) is 0 Å². The molecule has 0 amide bonds. The van der Waals surface area contributed by atoms with E-state index in [0.717, 1.165) is 37.7 Å². The lowest BCUT2D eigenvalue weighted by molar-refractivity contribution is 0.420. The molecule has 3 aliphatic rings. The van der Waals surface area contributed by atoms with Crippen LogP contribution in [0.3, 0.4) is 0 Å². The van der Waals surface area contributed by atoms with Crippen molar-refractivity contribution in [2.45, 2.75) is 71.8 Å². The maximum atomic E-state index is 7.55. The van der Waals surface area contributed by atoms with Crippen LogP contribution in [0.15, 0.2) is 84.9 Å². The molecule has 0 N–H and O–H groups in total. The van der Waals surface area contributed by atoms with Crippen molar-refractivity contribution in [1.29, 1.82) is 0 Å². The Morgan fingerprint density at radius 1 is 0.750 bits per heavy atom. The number of fused-ring (bicyclic) bond motifs is 13. The van der Waals surface area contributed by atoms with Crippen LogP contribution in [0.2, 0.25) is 0 Å². The summed E-state index contributed by atoms with van der Waals surface area (Å²) in [4.78, 5) is 2.66. The molecule has 0 atom stereocenters. The van der Waals surface area contributed by atoms with Crippen molar-refractivity contribution < 1.29 is 4.74 Å². The number of benzene rings is 6. The third kappa shape index (κ3) is 4.29. The second-order valence-electron chi connectivity index (χ2n) is 15.9. The van der Waals surface area contributed by atoms with Gasteiger partial charge in [-0.2, -0.15) is 0 Å². The second kappa shape index (κ2) is 10.4. The van der Waals surface area contributed by atoms with Crippen LogP contribution < -0.4 is 24.8 Å². The molecule has 6 aromatic carbocycles. The molecule has 3 aliphatic heterocycles. The first-order valence-corrected chi connectivity index (χ1v) is 17.8. The number of unbranched alkanes of at least 4 members (excludes halogenated alkanes) is 1. The average Bonchev–Trinajstić information content (AvgIpc) is 3.51. The third-order valence-corrected chi connectivity index (χ3v) is 11.2. The largest absolute Gasteiger partial charge is 0.455 e. The van der Waals surface area contributed by atoms with E-state index < -0.39 is 0 Å². The summed E-state index contributed by atoms with van der Waals surface area (Å²) in [6.45, 7) is 18.0. The zero-order chi connectivity index (χ0) is 32.9. The maximum Gasteiger partial charge on any atom is 0.215 e. The highest BCUT2D eigenvalue weighted by Gasteiger charge is 2.45. The zero-order valence-electron chi connectivity index (χ0n) is 29.2. The van der Waals surface area contributed by atoms with E-state index in [4.69, 9.17) is 4.74 Å². The van der Waals surface area contributed by atoms with Gasteiger partial charge in [0.25, 0.3) is 0 Å². The number of hydrogen-bond acceptors (Lipinski definition) is 2. The lowest BCUT2D eigenvalue weighted by Crippen LogP contribution is -2.30. The molecule has 6 aromatic rings. The topological polar surface area (TPSA) is 15.5 Å². The van der Waals surface area contributed by atoms with E-state index in [1.54, 1.807) is 0 Å².